The Kier molecular flexibility index (Phi) is 9.03. The van der Waals surface area contributed by atoms with Crippen LogP contribution in [0.25, 0.3) is 4.85 Å². The number of benzene rings is 2. The molecular formula is C24H30ClF2NOSi. The minimum atomic E-state index is -1.96. The summed E-state index contributed by atoms with van der Waals surface area (Å²) in [6, 6.07) is 10.3. The molecule has 0 saturated carbocycles. The average Bonchev–Trinajstić information content (AvgIpc) is 2.70. The molecule has 2 aromatic rings. The summed E-state index contributed by atoms with van der Waals surface area (Å²) in [5.41, 5.74) is 2.83. The van der Waals surface area contributed by atoms with Gasteiger partial charge in [0.2, 0.25) is 0 Å². The van der Waals surface area contributed by atoms with Crippen molar-refractivity contribution in [3.05, 3.63) is 75.1 Å². The van der Waals surface area contributed by atoms with Gasteiger partial charge in [0.25, 0.3) is 0 Å². The lowest BCUT2D eigenvalue weighted by atomic mass is 9.98. The summed E-state index contributed by atoms with van der Waals surface area (Å²) >= 11 is 6.60. The molecule has 1 atom stereocenters. The second-order valence-corrected chi connectivity index (χ2v) is 12.9. The quantitative estimate of drug-likeness (QED) is 0.261. The maximum Gasteiger partial charge on any atom is 0.194 e. The number of hydrogen-bond donors (Lipinski definition) is 0. The first-order valence-corrected chi connectivity index (χ1v) is 13.5. The molecule has 162 valence electrons. The molecule has 0 aliphatic carbocycles. The van der Waals surface area contributed by atoms with Gasteiger partial charge in [-0.15, -0.1) is 0 Å². The van der Waals surface area contributed by atoms with Crippen LogP contribution in [0.1, 0.15) is 56.4 Å². The van der Waals surface area contributed by atoms with E-state index in [9.17, 15) is 8.78 Å². The van der Waals surface area contributed by atoms with E-state index in [0.717, 1.165) is 35.3 Å². The van der Waals surface area contributed by atoms with E-state index in [0.29, 0.717) is 35.5 Å². The summed E-state index contributed by atoms with van der Waals surface area (Å²) in [7, 11) is -1.96. The van der Waals surface area contributed by atoms with Crippen LogP contribution < -0.4 is 0 Å². The van der Waals surface area contributed by atoms with Crippen molar-refractivity contribution >= 4 is 25.6 Å². The molecule has 0 aliphatic heterocycles. The summed E-state index contributed by atoms with van der Waals surface area (Å²) < 4.78 is 33.8. The highest BCUT2D eigenvalue weighted by Crippen LogP contribution is 2.41. The molecular weight excluding hydrogens is 420 g/mol. The Hall–Kier alpha value is -1.74. The molecule has 0 N–H and O–H groups in total. The topological polar surface area (TPSA) is 13.6 Å². The van der Waals surface area contributed by atoms with Crippen LogP contribution in [0.15, 0.2) is 30.3 Å². The van der Waals surface area contributed by atoms with E-state index in [1.54, 1.807) is 0 Å². The predicted molar refractivity (Wildman–Crippen MR) is 123 cm³/mol. The molecule has 0 aromatic heterocycles. The minimum Gasteiger partial charge on any atom is -0.411 e. The van der Waals surface area contributed by atoms with Gasteiger partial charge in [-0.1, -0.05) is 44.0 Å². The Morgan fingerprint density at radius 1 is 1.03 bits per heavy atom. The van der Waals surface area contributed by atoms with Crippen molar-refractivity contribution < 1.29 is 13.2 Å². The van der Waals surface area contributed by atoms with Gasteiger partial charge in [0.05, 0.1) is 12.7 Å². The zero-order valence-corrected chi connectivity index (χ0v) is 20.0. The van der Waals surface area contributed by atoms with Crippen molar-refractivity contribution in [3.8, 4) is 0 Å². The van der Waals surface area contributed by atoms with E-state index in [4.69, 9.17) is 22.6 Å². The summed E-state index contributed by atoms with van der Waals surface area (Å²) in [5, 5.41) is 0.550. The standard InChI is InChI=1S/C24H30ClF2NOSi/c1-6-30(7-2,8-3)29-23(24-21(25)12-17(4)13-22(24)28-5)11-9-10-18-14-19(26)16-20(27)15-18/h12-16,23H,6-11H2,1-4H3. The fourth-order valence-corrected chi connectivity index (χ4v) is 7.19. The summed E-state index contributed by atoms with van der Waals surface area (Å²) in [6.07, 6.45) is 1.55. The first-order chi connectivity index (χ1) is 14.3. The van der Waals surface area contributed by atoms with Crippen LogP contribution in [0.2, 0.25) is 23.2 Å². The van der Waals surface area contributed by atoms with Gasteiger partial charge in [-0.3, -0.25) is 0 Å². The normalized spacial score (nSPS) is 12.6. The SMILES string of the molecule is [C-]#[N+]c1cc(C)cc(Cl)c1C(CCCc1cc(F)cc(F)c1)O[Si](CC)(CC)CC. The zero-order valence-electron chi connectivity index (χ0n) is 18.2. The van der Waals surface area contributed by atoms with Crippen LogP contribution in [0.5, 0.6) is 0 Å². The number of nitrogens with zero attached hydrogens (tertiary/aromatic N) is 1. The largest absolute Gasteiger partial charge is 0.411 e. The third-order valence-electron chi connectivity index (χ3n) is 5.87. The minimum absolute atomic E-state index is 0.299. The highest BCUT2D eigenvalue weighted by molar-refractivity contribution is 6.73. The third-order valence-corrected chi connectivity index (χ3v) is 10.8. The molecule has 0 spiro atoms. The van der Waals surface area contributed by atoms with Crippen molar-refractivity contribution in [2.75, 3.05) is 0 Å². The molecule has 0 fully saturated rings. The molecule has 0 saturated heterocycles. The lowest BCUT2D eigenvalue weighted by molar-refractivity contribution is 0.177. The fraction of sp³-hybridized carbons (Fsp3) is 0.458. The van der Waals surface area contributed by atoms with E-state index >= 15 is 0 Å². The highest BCUT2D eigenvalue weighted by atomic mass is 35.5. The first-order valence-electron chi connectivity index (χ1n) is 10.6. The molecule has 2 rings (SSSR count). The van der Waals surface area contributed by atoms with Gasteiger partial charge in [-0.05, 0) is 68.1 Å². The summed E-state index contributed by atoms with van der Waals surface area (Å²) in [5.74, 6) is -1.13. The van der Waals surface area contributed by atoms with Crippen molar-refractivity contribution in [1.29, 1.82) is 0 Å². The van der Waals surface area contributed by atoms with Gasteiger partial charge < -0.3 is 4.43 Å². The molecule has 0 aliphatic rings. The number of halogens is 3. The summed E-state index contributed by atoms with van der Waals surface area (Å²) in [4.78, 5) is 3.71. The van der Waals surface area contributed by atoms with Crippen molar-refractivity contribution in [3.63, 3.8) is 0 Å². The zero-order chi connectivity index (χ0) is 22.3. The van der Waals surface area contributed by atoms with Gasteiger partial charge in [0.1, 0.15) is 11.6 Å². The van der Waals surface area contributed by atoms with Crippen LogP contribution >= 0.6 is 11.6 Å². The third kappa shape index (κ3) is 6.13. The number of aryl methyl sites for hydroxylation is 2. The molecule has 1 unspecified atom stereocenters. The van der Waals surface area contributed by atoms with Crippen LogP contribution in [0, 0.1) is 25.1 Å². The molecule has 0 amide bonds. The Bertz CT molecular complexity index is 880. The smallest absolute Gasteiger partial charge is 0.194 e. The van der Waals surface area contributed by atoms with E-state index in [2.05, 4.69) is 25.6 Å². The monoisotopic (exact) mass is 449 g/mol. The van der Waals surface area contributed by atoms with E-state index in [-0.39, 0.29) is 6.10 Å². The second-order valence-electron chi connectivity index (χ2n) is 7.81. The second kappa shape index (κ2) is 11.0. The average molecular weight is 450 g/mol. The Balaban J connectivity index is 2.34. The number of hydrogen-bond acceptors (Lipinski definition) is 1. The van der Waals surface area contributed by atoms with Gasteiger partial charge in [-0.2, -0.15) is 0 Å². The Morgan fingerprint density at radius 3 is 2.17 bits per heavy atom. The van der Waals surface area contributed by atoms with Crippen LogP contribution in [0.4, 0.5) is 14.5 Å². The van der Waals surface area contributed by atoms with Gasteiger partial charge >= 0.3 is 0 Å². The molecule has 0 radical (unpaired) electrons. The van der Waals surface area contributed by atoms with Gasteiger partial charge in [-0.25, -0.2) is 13.6 Å². The molecule has 30 heavy (non-hydrogen) atoms. The first kappa shape index (κ1) is 24.5. The summed E-state index contributed by atoms with van der Waals surface area (Å²) in [6.45, 7) is 16.0. The fourth-order valence-electron chi connectivity index (χ4n) is 3.96. The van der Waals surface area contributed by atoms with Crippen LogP contribution in [-0.4, -0.2) is 8.32 Å². The molecule has 0 bridgehead atoms. The number of rotatable bonds is 10. The maximum atomic E-state index is 13.5. The Labute approximate surface area is 185 Å². The molecule has 2 aromatic carbocycles. The lowest BCUT2D eigenvalue weighted by Crippen LogP contribution is -2.37. The van der Waals surface area contributed by atoms with E-state index in [1.807, 2.05) is 19.1 Å². The Morgan fingerprint density at radius 2 is 1.63 bits per heavy atom. The van der Waals surface area contributed by atoms with Gasteiger partial charge in [0, 0.05) is 16.7 Å². The molecule has 2 nitrogen and oxygen atoms in total. The van der Waals surface area contributed by atoms with Gasteiger partial charge in [0.15, 0.2) is 14.0 Å². The van der Waals surface area contributed by atoms with Crippen LogP contribution in [-0.2, 0) is 10.8 Å². The van der Waals surface area contributed by atoms with Crippen molar-refractivity contribution in [2.45, 2.75) is 71.2 Å². The maximum absolute atomic E-state index is 13.5. The highest BCUT2D eigenvalue weighted by Gasteiger charge is 2.34. The van der Waals surface area contributed by atoms with Crippen molar-refractivity contribution in [2.24, 2.45) is 0 Å². The van der Waals surface area contributed by atoms with E-state index in [1.165, 1.54) is 12.1 Å². The van der Waals surface area contributed by atoms with E-state index < -0.39 is 20.0 Å². The molecule has 6 heteroatoms. The molecule has 0 heterocycles. The lowest BCUT2D eigenvalue weighted by Gasteiger charge is -2.34. The van der Waals surface area contributed by atoms with Crippen LogP contribution in [0.3, 0.4) is 0 Å². The predicted octanol–water partition coefficient (Wildman–Crippen LogP) is 8.56. The van der Waals surface area contributed by atoms with Crippen molar-refractivity contribution in [1.82, 2.24) is 0 Å².